The average molecular weight is 401 g/mol. The van der Waals surface area contributed by atoms with Gasteiger partial charge in [0.25, 0.3) is 10.9 Å². The zero-order valence-corrected chi connectivity index (χ0v) is 17.4. The molecule has 2 aromatic carbocycles. The van der Waals surface area contributed by atoms with Crippen LogP contribution in [0.15, 0.2) is 33.9 Å². The molecule has 1 N–H and O–H groups in total. The lowest BCUT2D eigenvalue weighted by Crippen LogP contribution is -2.36. The quantitative estimate of drug-likeness (QED) is 0.435. The molecule has 0 atom stereocenters. The Balaban J connectivity index is 1.39. The minimum absolute atomic E-state index is 0.190. The number of unbranched alkanes of at least 4 members (excludes halogenated alkanes) is 1. The van der Waals surface area contributed by atoms with E-state index in [1.54, 1.807) is 0 Å². The fourth-order valence-corrected chi connectivity index (χ4v) is 3.57. The minimum atomic E-state index is -0.523. The highest BCUT2D eigenvalue weighted by molar-refractivity contribution is 5.61. The summed E-state index contributed by atoms with van der Waals surface area (Å²) >= 11 is 0. The zero-order chi connectivity index (χ0) is 20.5. The molecule has 0 spiro atoms. The summed E-state index contributed by atoms with van der Waals surface area (Å²) in [4.78, 5) is 25.8. The fraction of sp³-hybridized carbons (Fsp3) is 0.565. The van der Waals surface area contributed by atoms with Gasteiger partial charge in [-0.3, -0.25) is 14.5 Å². The first-order valence-corrected chi connectivity index (χ1v) is 10.8. The lowest BCUT2D eigenvalue weighted by atomic mass is 10.1. The van der Waals surface area contributed by atoms with Gasteiger partial charge in [-0.2, -0.15) is 0 Å². The Labute approximate surface area is 172 Å². The van der Waals surface area contributed by atoms with E-state index in [0.29, 0.717) is 25.4 Å². The molecule has 0 bridgehead atoms. The Morgan fingerprint density at radius 1 is 1.00 bits per heavy atom. The normalized spacial score (nSPS) is 14.8. The number of hydrogen-bond donors (Lipinski definition) is 1. The van der Waals surface area contributed by atoms with Gasteiger partial charge in [0.15, 0.2) is 5.75 Å². The maximum Gasteiger partial charge on any atom is 0.272 e. The lowest BCUT2D eigenvalue weighted by molar-refractivity contribution is 0.220. The first-order valence-electron chi connectivity index (χ1n) is 10.8. The molecule has 29 heavy (non-hydrogen) atoms. The van der Waals surface area contributed by atoms with Crippen LogP contribution in [-0.2, 0) is 6.54 Å². The van der Waals surface area contributed by atoms with Crippen molar-refractivity contribution in [2.75, 3.05) is 38.2 Å². The molecule has 1 aliphatic rings. The van der Waals surface area contributed by atoms with Crippen molar-refractivity contribution in [3.05, 3.63) is 50.3 Å². The summed E-state index contributed by atoms with van der Waals surface area (Å²) < 4.78 is 11.3. The molecule has 3 rings (SSSR count). The molecule has 2 aromatic rings. The molecule has 0 aromatic heterocycles. The number of benzene rings is 1. The summed E-state index contributed by atoms with van der Waals surface area (Å²) in [5.74, 6) is 1.06. The predicted octanol–water partition coefficient (Wildman–Crippen LogP) is 3.33. The van der Waals surface area contributed by atoms with E-state index in [9.17, 15) is 9.59 Å². The number of ether oxygens (including phenoxy) is 2. The number of piperidine rings is 1. The molecule has 0 radical (unpaired) electrons. The van der Waals surface area contributed by atoms with Crippen LogP contribution in [0.1, 0.15) is 51.0 Å². The van der Waals surface area contributed by atoms with Crippen LogP contribution in [-0.4, -0.2) is 37.7 Å². The van der Waals surface area contributed by atoms with Crippen molar-refractivity contribution in [1.82, 2.24) is 4.90 Å². The molecule has 6 nitrogen and oxygen atoms in total. The van der Waals surface area contributed by atoms with Crippen molar-refractivity contribution in [2.45, 2.75) is 52.0 Å². The van der Waals surface area contributed by atoms with E-state index in [1.807, 2.05) is 19.1 Å². The average Bonchev–Trinajstić information content (AvgIpc) is 2.75. The molecule has 158 valence electrons. The van der Waals surface area contributed by atoms with Gasteiger partial charge in [-0.1, -0.05) is 31.9 Å². The molecular weight excluding hydrogens is 368 g/mol. The molecule has 1 saturated heterocycles. The molecule has 1 aliphatic heterocycles. The van der Waals surface area contributed by atoms with Gasteiger partial charge >= 0.3 is 0 Å². The number of nitrogens with zero attached hydrogens (tertiary/aromatic N) is 1. The summed E-state index contributed by atoms with van der Waals surface area (Å²) in [7, 11) is 0. The maximum atomic E-state index is 11.7. The molecule has 6 heteroatoms. The van der Waals surface area contributed by atoms with Gasteiger partial charge in [0.05, 0.1) is 13.2 Å². The first kappa shape index (κ1) is 21.4. The third-order valence-electron chi connectivity index (χ3n) is 5.26. The highest BCUT2D eigenvalue weighted by atomic mass is 16.5. The van der Waals surface area contributed by atoms with Gasteiger partial charge in [0, 0.05) is 13.1 Å². The third kappa shape index (κ3) is 6.07. The number of rotatable bonds is 12. The van der Waals surface area contributed by atoms with Gasteiger partial charge in [0.1, 0.15) is 11.4 Å². The second-order valence-corrected chi connectivity index (χ2v) is 7.68. The second kappa shape index (κ2) is 11.0. The molecule has 1 heterocycles. The number of anilines is 1. The van der Waals surface area contributed by atoms with E-state index in [-0.39, 0.29) is 5.75 Å². The van der Waals surface area contributed by atoms with E-state index < -0.39 is 10.9 Å². The van der Waals surface area contributed by atoms with Gasteiger partial charge < -0.3 is 14.8 Å². The molecule has 1 fully saturated rings. The van der Waals surface area contributed by atoms with Gasteiger partial charge in [0.2, 0.25) is 0 Å². The fourth-order valence-electron chi connectivity index (χ4n) is 3.57. The van der Waals surface area contributed by atoms with Crippen LogP contribution in [0.25, 0.3) is 0 Å². The van der Waals surface area contributed by atoms with Gasteiger partial charge in [-0.25, -0.2) is 0 Å². The second-order valence-electron chi connectivity index (χ2n) is 7.68. The summed E-state index contributed by atoms with van der Waals surface area (Å²) in [5.41, 5.74) is 0.586. The molecule has 0 amide bonds. The molecule has 0 unspecified atom stereocenters. The van der Waals surface area contributed by atoms with Crippen LogP contribution in [0.5, 0.6) is 11.5 Å². The van der Waals surface area contributed by atoms with Crippen LogP contribution in [0.3, 0.4) is 0 Å². The Hall–Kier alpha value is -2.34. The van der Waals surface area contributed by atoms with Crippen molar-refractivity contribution in [2.24, 2.45) is 0 Å². The van der Waals surface area contributed by atoms with E-state index in [4.69, 9.17) is 9.47 Å². The van der Waals surface area contributed by atoms with Crippen molar-refractivity contribution in [3.63, 3.8) is 0 Å². The molecular formula is C23H32N2O4. The smallest absolute Gasteiger partial charge is 0.272 e. The van der Waals surface area contributed by atoms with Gasteiger partial charge in [-0.05, 0) is 56.5 Å². The number of hydrogen-bond acceptors (Lipinski definition) is 6. The zero-order valence-electron chi connectivity index (χ0n) is 17.4. The van der Waals surface area contributed by atoms with Crippen LogP contribution in [0, 0.1) is 0 Å². The van der Waals surface area contributed by atoms with E-state index in [1.165, 1.54) is 37.9 Å². The molecule has 0 saturated carbocycles. The Kier molecular flexibility index (Phi) is 8.11. The van der Waals surface area contributed by atoms with Crippen molar-refractivity contribution >= 4 is 5.69 Å². The van der Waals surface area contributed by atoms with Crippen LogP contribution in [0.4, 0.5) is 5.69 Å². The lowest BCUT2D eigenvalue weighted by Gasteiger charge is -2.26. The summed E-state index contributed by atoms with van der Waals surface area (Å²) in [6, 6.07) is 8.27. The summed E-state index contributed by atoms with van der Waals surface area (Å²) in [6.07, 6.45) is 6.50. The third-order valence-corrected chi connectivity index (χ3v) is 5.26. The van der Waals surface area contributed by atoms with Crippen molar-refractivity contribution in [3.8, 4) is 11.5 Å². The van der Waals surface area contributed by atoms with Crippen molar-refractivity contribution < 1.29 is 9.47 Å². The maximum absolute atomic E-state index is 11.7. The van der Waals surface area contributed by atoms with Gasteiger partial charge in [-0.15, -0.1) is 0 Å². The number of nitrogens with one attached hydrogen (secondary N) is 1. The minimum Gasteiger partial charge on any atom is -0.494 e. The van der Waals surface area contributed by atoms with Crippen molar-refractivity contribution in [1.29, 1.82) is 0 Å². The van der Waals surface area contributed by atoms with E-state index >= 15 is 0 Å². The molecule has 0 aliphatic carbocycles. The Morgan fingerprint density at radius 3 is 2.59 bits per heavy atom. The standard InChI is InChI=1S/C23H32N2O4/c1-2-3-14-29-23-20(21(26)22(23)27)24-11-8-15-28-19-10-7-9-18(16-19)17-25-12-5-4-6-13-25/h7,9-10,16,24H,2-6,8,11-15,17H2,1H3. The highest BCUT2D eigenvalue weighted by Gasteiger charge is 2.21. The topological polar surface area (TPSA) is 67.9 Å². The SMILES string of the molecule is CCCCOc1c(NCCCOc2cccc(CN3CCCCC3)c2)c(=O)c1=O. The summed E-state index contributed by atoms with van der Waals surface area (Å²) in [6.45, 7) is 6.95. The highest BCUT2D eigenvalue weighted by Crippen LogP contribution is 2.19. The van der Waals surface area contributed by atoms with E-state index in [0.717, 1.165) is 31.6 Å². The number of likely N-dealkylation sites (tertiary alicyclic amines) is 1. The largest absolute Gasteiger partial charge is 0.494 e. The van der Waals surface area contributed by atoms with Crippen LogP contribution >= 0.6 is 0 Å². The van der Waals surface area contributed by atoms with Crippen LogP contribution < -0.4 is 25.6 Å². The van der Waals surface area contributed by atoms with E-state index in [2.05, 4.69) is 22.3 Å². The summed E-state index contributed by atoms with van der Waals surface area (Å²) in [5, 5.41) is 3.03. The Bertz CT molecular complexity index is 836. The van der Waals surface area contributed by atoms with Crippen LogP contribution in [0.2, 0.25) is 0 Å². The monoisotopic (exact) mass is 400 g/mol. The predicted molar refractivity (Wildman–Crippen MR) is 116 cm³/mol. The Morgan fingerprint density at radius 2 is 1.79 bits per heavy atom. The first-order chi connectivity index (χ1) is 14.2.